The molecule has 40 heavy (non-hydrogen) atoms. The topological polar surface area (TPSA) is 16.4 Å². The highest BCUT2D eigenvalue weighted by molar-refractivity contribution is 6.06. The molecule has 0 amide bonds. The van der Waals surface area contributed by atoms with Gasteiger partial charge in [-0.05, 0) is 65.7 Å². The number of nitrogens with zero attached hydrogens (tertiary/aromatic N) is 1. The van der Waals surface area contributed by atoms with E-state index < -0.39 is 0 Å². The fourth-order valence-electron chi connectivity index (χ4n) is 5.37. The van der Waals surface area contributed by atoms with E-state index in [4.69, 9.17) is 4.42 Å². The Balaban J connectivity index is 1.53. The van der Waals surface area contributed by atoms with Gasteiger partial charge in [0.05, 0.1) is 11.4 Å². The highest BCUT2D eigenvalue weighted by Gasteiger charge is 2.22. The predicted octanol–water partition coefficient (Wildman–Crippen LogP) is 10.7. The molecule has 0 aliphatic carbocycles. The molecule has 2 nitrogen and oxygen atoms in total. The molecule has 0 spiro atoms. The van der Waals surface area contributed by atoms with Crippen LogP contribution in [0.2, 0.25) is 0 Å². The number of fused-ring (bicyclic) bond motifs is 3. The number of benzene rings is 6. The molecule has 7 aromatic rings. The third-order valence-corrected chi connectivity index (χ3v) is 7.19. The van der Waals surface area contributed by atoms with Crippen LogP contribution in [0.25, 0.3) is 44.2 Å². The molecule has 192 valence electrons. The summed E-state index contributed by atoms with van der Waals surface area (Å²) in [4.78, 5) is 2.05. The van der Waals surface area contributed by atoms with Gasteiger partial charge >= 0.3 is 0 Å². The van der Waals surface area contributed by atoms with Crippen LogP contribution >= 0.6 is 0 Å². The second-order valence-corrected chi connectivity index (χ2v) is 9.67. The number of furan rings is 1. The molecule has 0 bridgehead atoms. The Hall–Kier alpha value is -5.22. The zero-order valence-corrected chi connectivity index (χ0v) is 21.4. The van der Waals surface area contributed by atoms with Crippen LogP contribution in [0.5, 0.6) is 0 Å². The van der Waals surface area contributed by atoms with Crippen molar-refractivity contribution in [3.63, 3.8) is 0 Å². The summed E-state index contributed by atoms with van der Waals surface area (Å²) >= 11 is 0. The Kier molecular flexibility index (Phi) is 5.86. The first kappa shape index (κ1) is 23.9. The Labute approximate surface area is 230 Å². The number of hydrogen-bond donors (Lipinski definition) is 0. The van der Waals surface area contributed by atoms with E-state index in [0.29, 0.717) is 11.1 Å². The highest BCUT2D eigenvalue weighted by Crippen LogP contribution is 2.46. The molecule has 4 heteroatoms. The monoisotopic (exact) mass is 523 g/mol. The molecule has 1 aromatic heterocycles. The first-order chi connectivity index (χ1) is 19.7. The van der Waals surface area contributed by atoms with Crippen LogP contribution in [-0.4, -0.2) is 0 Å². The Morgan fingerprint density at radius 3 is 1.57 bits per heavy atom. The quantitative estimate of drug-likeness (QED) is 0.223. The van der Waals surface area contributed by atoms with Crippen molar-refractivity contribution in [2.45, 2.75) is 0 Å². The summed E-state index contributed by atoms with van der Waals surface area (Å²) in [6, 6.07) is 43.0. The standard InChI is InChI=1S/C36H23F2NO/c37-26-15-19-33(31(21-26)24-9-3-1-4-10-24)39(34-20-16-27(38)22-32(34)25-11-5-2-6-12-25)28-17-18-30-29-13-7-8-14-35(29)40-36(30)23-28/h1-23H. The van der Waals surface area contributed by atoms with Gasteiger partial charge in [0.15, 0.2) is 0 Å². The first-order valence-corrected chi connectivity index (χ1v) is 13.1. The average Bonchev–Trinajstić information content (AvgIpc) is 3.37. The molecule has 6 aromatic carbocycles. The van der Waals surface area contributed by atoms with Gasteiger partial charge < -0.3 is 9.32 Å². The zero-order chi connectivity index (χ0) is 27.1. The summed E-state index contributed by atoms with van der Waals surface area (Å²) in [6.45, 7) is 0. The number of para-hydroxylation sites is 1. The van der Waals surface area contributed by atoms with Crippen LogP contribution in [0.15, 0.2) is 144 Å². The van der Waals surface area contributed by atoms with Crippen LogP contribution in [-0.2, 0) is 0 Å². The highest BCUT2D eigenvalue weighted by atomic mass is 19.1. The smallest absolute Gasteiger partial charge is 0.137 e. The minimum atomic E-state index is -0.335. The Morgan fingerprint density at radius 1 is 0.450 bits per heavy atom. The molecule has 0 unspecified atom stereocenters. The fourth-order valence-corrected chi connectivity index (χ4v) is 5.37. The molecule has 0 saturated carbocycles. The molecule has 0 fully saturated rings. The molecule has 0 aliphatic heterocycles. The lowest BCUT2D eigenvalue weighted by Crippen LogP contribution is -2.13. The van der Waals surface area contributed by atoms with Crippen molar-refractivity contribution in [1.29, 1.82) is 0 Å². The number of anilines is 3. The summed E-state index contributed by atoms with van der Waals surface area (Å²) in [5.41, 5.74) is 7.03. The van der Waals surface area contributed by atoms with E-state index in [1.165, 1.54) is 12.1 Å². The van der Waals surface area contributed by atoms with Gasteiger partial charge in [0.2, 0.25) is 0 Å². The molecule has 0 radical (unpaired) electrons. The van der Waals surface area contributed by atoms with Crippen LogP contribution in [0, 0.1) is 11.6 Å². The van der Waals surface area contributed by atoms with Crippen molar-refractivity contribution >= 4 is 39.0 Å². The predicted molar refractivity (Wildman–Crippen MR) is 159 cm³/mol. The molecule has 0 atom stereocenters. The molecule has 0 saturated heterocycles. The van der Waals surface area contributed by atoms with Crippen molar-refractivity contribution in [3.8, 4) is 22.3 Å². The van der Waals surface area contributed by atoms with Crippen molar-refractivity contribution in [3.05, 3.63) is 151 Å². The maximum absolute atomic E-state index is 14.7. The lowest BCUT2D eigenvalue weighted by atomic mass is 9.98. The molecular formula is C36H23F2NO. The Bertz CT molecular complexity index is 1890. The second kappa shape index (κ2) is 9.83. The normalized spacial score (nSPS) is 11.2. The van der Waals surface area contributed by atoms with E-state index in [0.717, 1.165) is 50.1 Å². The van der Waals surface area contributed by atoms with Gasteiger partial charge in [-0.1, -0.05) is 78.9 Å². The number of hydrogen-bond acceptors (Lipinski definition) is 2. The maximum atomic E-state index is 14.7. The first-order valence-electron chi connectivity index (χ1n) is 13.1. The van der Waals surface area contributed by atoms with Crippen LogP contribution < -0.4 is 4.90 Å². The van der Waals surface area contributed by atoms with Crippen LogP contribution in [0.1, 0.15) is 0 Å². The van der Waals surface area contributed by atoms with Gasteiger partial charge in [0.1, 0.15) is 22.8 Å². The minimum Gasteiger partial charge on any atom is -0.456 e. The van der Waals surface area contributed by atoms with Gasteiger partial charge in [-0.3, -0.25) is 0 Å². The largest absolute Gasteiger partial charge is 0.456 e. The lowest BCUT2D eigenvalue weighted by Gasteiger charge is -2.30. The minimum absolute atomic E-state index is 0.335. The van der Waals surface area contributed by atoms with Gasteiger partial charge in [-0.15, -0.1) is 0 Å². The fraction of sp³-hybridized carbons (Fsp3) is 0. The molecule has 7 rings (SSSR count). The van der Waals surface area contributed by atoms with Gasteiger partial charge in [0, 0.05) is 33.7 Å². The third kappa shape index (κ3) is 4.20. The summed E-state index contributed by atoms with van der Waals surface area (Å²) in [5.74, 6) is -0.671. The Morgan fingerprint density at radius 2 is 0.975 bits per heavy atom. The van der Waals surface area contributed by atoms with Gasteiger partial charge in [-0.2, -0.15) is 0 Å². The summed E-state index contributed by atoms with van der Waals surface area (Å²) in [7, 11) is 0. The van der Waals surface area contributed by atoms with Crippen molar-refractivity contribution in [2.24, 2.45) is 0 Å². The SMILES string of the molecule is Fc1ccc(N(c2ccc3c(c2)oc2ccccc23)c2ccc(F)cc2-c2ccccc2)c(-c2ccccc2)c1. The van der Waals surface area contributed by atoms with E-state index in [9.17, 15) is 8.78 Å². The molecule has 0 aliphatic rings. The van der Waals surface area contributed by atoms with E-state index in [2.05, 4.69) is 4.90 Å². The lowest BCUT2D eigenvalue weighted by molar-refractivity contribution is 0.628. The molecule has 1 heterocycles. The van der Waals surface area contributed by atoms with Crippen LogP contribution in [0.4, 0.5) is 25.8 Å². The van der Waals surface area contributed by atoms with Crippen molar-refractivity contribution in [1.82, 2.24) is 0 Å². The van der Waals surface area contributed by atoms with E-state index in [1.807, 2.05) is 103 Å². The van der Waals surface area contributed by atoms with Crippen molar-refractivity contribution < 1.29 is 13.2 Å². The summed E-state index contributed by atoms with van der Waals surface area (Å²) in [5, 5.41) is 2.04. The molecular weight excluding hydrogens is 500 g/mol. The van der Waals surface area contributed by atoms with Gasteiger partial charge in [-0.25, -0.2) is 8.78 Å². The second-order valence-electron chi connectivity index (χ2n) is 9.67. The van der Waals surface area contributed by atoms with E-state index in [-0.39, 0.29) is 11.6 Å². The van der Waals surface area contributed by atoms with Crippen molar-refractivity contribution in [2.75, 3.05) is 4.90 Å². The van der Waals surface area contributed by atoms with Crippen LogP contribution in [0.3, 0.4) is 0 Å². The number of halogens is 2. The summed E-state index contributed by atoms with van der Waals surface area (Å²) in [6.07, 6.45) is 0. The van der Waals surface area contributed by atoms with E-state index in [1.54, 1.807) is 24.3 Å². The van der Waals surface area contributed by atoms with E-state index >= 15 is 0 Å². The number of rotatable bonds is 5. The average molecular weight is 524 g/mol. The van der Waals surface area contributed by atoms with Gasteiger partial charge in [0.25, 0.3) is 0 Å². The molecule has 0 N–H and O–H groups in total. The maximum Gasteiger partial charge on any atom is 0.137 e. The zero-order valence-electron chi connectivity index (χ0n) is 21.4. The summed E-state index contributed by atoms with van der Waals surface area (Å²) < 4.78 is 35.7. The third-order valence-electron chi connectivity index (χ3n) is 7.19.